The summed E-state index contributed by atoms with van der Waals surface area (Å²) in [4.78, 5) is 0. The normalized spacial score (nSPS) is 12.1. The van der Waals surface area contributed by atoms with Crippen molar-refractivity contribution in [3.63, 3.8) is 0 Å². The molecule has 1 atom stereocenters. The lowest BCUT2D eigenvalue weighted by atomic mass is 9.95. The fourth-order valence-corrected chi connectivity index (χ4v) is 2.76. The third kappa shape index (κ3) is 2.99. The van der Waals surface area contributed by atoms with E-state index in [-0.39, 0.29) is 0 Å². The number of hydrogen-bond acceptors (Lipinski definition) is 3. The standard InChI is InChI=1S/C17H19ClO3/c1-10-5-6-12(11(2)9-10)16(19)13-7-8-14(20-3)15(18)17(13)21-4/h5-9,16,19H,1-4H3. The minimum absolute atomic E-state index is 0.362. The highest BCUT2D eigenvalue weighted by Crippen LogP contribution is 2.41. The van der Waals surface area contributed by atoms with Gasteiger partial charge in [-0.1, -0.05) is 35.4 Å². The number of halogens is 1. The summed E-state index contributed by atoms with van der Waals surface area (Å²) in [6.45, 7) is 4.00. The second kappa shape index (κ2) is 6.37. The zero-order valence-electron chi connectivity index (χ0n) is 12.6. The summed E-state index contributed by atoms with van der Waals surface area (Å²) in [5.41, 5.74) is 3.63. The number of hydrogen-bond donors (Lipinski definition) is 1. The molecule has 0 aliphatic carbocycles. The molecule has 1 unspecified atom stereocenters. The Bertz CT molecular complexity index is 653. The third-order valence-electron chi connectivity index (χ3n) is 3.53. The van der Waals surface area contributed by atoms with E-state index < -0.39 is 6.10 Å². The Balaban J connectivity index is 2.52. The lowest BCUT2D eigenvalue weighted by molar-refractivity contribution is 0.214. The predicted octanol–water partition coefficient (Wildman–Crippen LogP) is 4.06. The molecule has 0 aliphatic rings. The predicted molar refractivity (Wildman–Crippen MR) is 84.5 cm³/mol. The molecule has 0 bridgehead atoms. The third-order valence-corrected chi connectivity index (χ3v) is 3.89. The van der Waals surface area contributed by atoms with Crippen LogP contribution >= 0.6 is 11.6 Å². The van der Waals surface area contributed by atoms with E-state index in [0.717, 1.165) is 16.7 Å². The van der Waals surface area contributed by atoms with Crippen molar-refractivity contribution in [2.45, 2.75) is 20.0 Å². The molecule has 1 N–H and O–H groups in total. The monoisotopic (exact) mass is 306 g/mol. The van der Waals surface area contributed by atoms with Crippen molar-refractivity contribution in [1.82, 2.24) is 0 Å². The minimum atomic E-state index is -0.802. The second-order valence-corrected chi connectivity index (χ2v) is 5.34. The zero-order valence-corrected chi connectivity index (χ0v) is 13.4. The van der Waals surface area contributed by atoms with E-state index >= 15 is 0 Å². The molecule has 0 fully saturated rings. The molecule has 4 heteroatoms. The van der Waals surface area contributed by atoms with E-state index in [2.05, 4.69) is 0 Å². The molecule has 112 valence electrons. The molecule has 0 aliphatic heterocycles. The summed E-state index contributed by atoms with van der Waals surface area (Å²) in [5.74, 6) is 0.952. The molecule has 0 spiro atoms. The second-order valence-electron chi connectivity index (χ2n) is 4.97. The molecule has 3 nitrogen and oxygen atoms in total. The van der Waals surface area contributed by atoms with Crippen molar-refractivity contribution < 1.29 is 14.6 Å². The zero-order chi connectivity index (χ0) is 15.6. The van der Waals surface area contributed by atoms with Gasteiger partial charge in [0.2, 0.25) is 0 Å². The molecule has 2 rings (SSSR count). The van der Waals surface area contributed by atoms with Gasteiger partial charge in [-0.2, -0.15) is 0 Å². The van der Waals surface area contributed by atoms with Gasteiger partial charge >= 0.3 is 0 Å². The van der Waals surface area contributed by atoms with Crippen LogP contribution in [0.1, 0.15) is 28.4 Å². The maximum atomic E-state index is 10.7. The lowest BCUT2D eigenvalue weighted by Crippen LogP contribution is -2.05. The molecule has 0 radical (unpaired) electrons. The van der Waals surface area contributed by atoms with Gasteiger partial charge in [-0.05, 0) is 37.1 Å². The van der Waals surface area contributed by atoms with Crippen molar-refractivity contribution in [2.75, 3.05) is 14.2 Å². The minimum Gasteiger partial charge on any atom is -0.495 e. The van der Waals surface area contributed by atoms with Gasteiger partial charge in [-0.3, -0.25) is 0 Å². The van der Waals surface area contributed by atoms with E-state index in [4.69, 9.17) is 21.1 Å². The summed E-state index contributed by atoms with van der Waals surface area (Å²) in [6, 6.07) is 9.44. The van der Waals surface area contributed by atoms with E-state index in [9.17, 15) is 5.11 Å². The van der Waals surface area contributed by atoms with Gasteiger partial charge in [0, 0.05) is 5.56 Å². The smallest absolute Gasteiger partial charge is 0.147 e. The van der Waals surface area contributed by atoms with Crippen LogP contribution in [0.5, 0.6) is 11.5 Å². The van der Waals surface area contributed by atoms with Gasteiger partial charge in [-0.25, -0.2) is 0 Å². The summed E-state index contributed by atoms with van der Waals surface area (Å²) in [5, 5.41) is 11.0. The van der Waals surface area contributed by atoms with Crippen LogP contribution in [0.3, 0.4) is 0 Å². The number of benzene rings is 2. The average molecular weight is 307 g/mol. The molecule has 0 saturated carbocycles. The van der Waals surface area contributed by atoms with Crippen molar-refractivity contribution in [3.05, 3.63) is 57.6 Å². The van der Waals surface area contributed by atoms with Crippen LogP contribution < -0.4 is 9.47 Å². The van der Waals surface area contributed by atoms with Crippen LogP contribution in [0.2, 0.25) is 5.02 Å². The van der Waals surface area contributed by atoms with Crippen molar-refractivity contribution in [3.8, 4) is 11.5 Å². The van der Waals surface area contributed by atoms with E-state index in [1.807, 2.05) is 32.0 Å². The number of rotatable bonds is 4. The lowest BCUT2D eigenvalue weighted by Gasteiger charge is -2.19. The number of aliphatic hydroxyl groups is 1. The number of aryl methyl sites for hydroxylation is 2. The molecule has 2 aromatic rings. The van der Waals surface area contributed by atoms with Crippen LogP contribution in [-0.4, -0.2) is 19.3 Å². The number of aliphatic hydroxyl groups excluding tert-OH is 1. The summed E-state index contributed by atoms with van der Waals surface area (Å²) < 4.78 is 10.5. The van der Waals surface area contributed by atoms with Gasteiger partial charge in [0.25, 0.3) is 0 Å². The van der Waals surface area contributed by atoms with Gasteiger partial charge in [-0.15, -0.1) is 0 Å². The first-order valence-electron chi connectivity index (χ1n) is 6.65. The highest BCUT2D eigenvalue weighted by molar-refractivity contribution is 6.33. The van der Waals surface area contributed by atoms with Gasteiger partial charge in [0.15, 0.2) is 0 Å². The van der Waals surface area contributed by atoms with Gasteiger partial charge < -0.3 is 14.6 Å². The molecule has 2 aromatic carbocycles. The maximum Gasteiger partial charge on any atom is 0.147 e. The van der Waals surface area contributed by atoms with Crippen LogP contribution in [0, 0.1) is 13.8 Å². The molecular formula is C17H19ClO3. The Kier molecular flexibility index (Phi) is 4.76. The topological polar surface area (TPSA) is 38.7 Å². The highest BCUT2D eigenvalue weighted by atomic mass is 35.5. The van der Waals surface area contributed by atoms with Crippen molar-refractivity contribution >= 4 is 11.6 Å². The summed E-state index contributed by atoms with van der Waals surface area (Å²) in [7, 11) is 3.07. The average Bonchev–Trinajstić information content (AvgIpc) is 2.46. The van der Waals surface area contributed by atoms with E-state index in [0.29, 0.717) is 22.1 Å². The largest absolute Gasteiger partial charge is 0.495 e. The first kappa shape index (κ1) is 15.7. The van der Waals surface area contributed by atoms with Gasteiger partial charge in [0.1, 0.15) is 22.6 Å². The van der Waals surface area contributed by atoms with Gasteiger partial charge in [0.05, 0.1) is 14.2 Å². The molecule has 0 aromatic heterocycles. The van der Waals surface area contributed by atoms with Crippen LogP contribution in [0.15, 0.2) is 30.3 Å². The van der Waals surface area contributed by atoms with Crippen molar-refractivity contribution in [2.24, 2.45) is 0 Å². The Morgan fingerprint density at radius 3 is 2.24 bits per heavy atom. The van der Waals surface area contributed by atoms with Crippen LogP contribution in [0.25, 0.3) is 0 Å². The molecular weight excluding hydrogens is 288 g/mol. The molecule has 0 saturated heterocycles. The summed E-state index contributed by atoms with van der Waals surface area (Å²) >= 11 is 6.25. The Morgan fingerprint density at radius 2 is 1.67 bits per heavy atom. The van der Waals surface area contributed by atoms with E-state index in [1.54, 1.807) is 19.2 Å². The fourth-order valence-electron chi connectivity index (χ4n) is 2.43. The van der Waals surface area contributed by atoms with Crippen LogP contribution in [0.4, 0.5) is 0 Å². The fraction of sp³-hybridized carbons (Fsp3) is 0.294. The Labute approximate surface area is 130 Å². The first-order chi connectivity index (χ1) is 9.99. The highest BCUT2D eigenvalue weighted by Gasteiger charge is 2.21. The summed E-state index contributed by atoms with van der Waals surface area (Å²) in [6.07, 6.45) is -0.802. The van der Waals surface area contributed by atoms with E-state index in [1.165, 1.54) is 7.11 Å². The molecule has 21 heavy (non-hydrogen) atoms. The first-order valence-corrected chi connectivity index (χ1v) is 7.03. The van der Waals surface area contributed by atoms with Crippen LogP contribution in [-0.2, 0) is 0 Å². The van der Waals surface area contributed by atoms with Crippen molar-refractivity contribution in [1.29, 1.82) is 0 Å². The maximum absolute atomic E-state index is 10.7. The SMILES string of the molecule is COc1ccc(C(O)c2ccc(C)cc2C)c(OC)c1Cl. The number of methoxy groups -OCH3 is 2. The quantitative estimate of drug-likeness (QED) is 0.926. The molecule has 0 heterocycles. The number of ether oxygens (including phenoxy) is 2. The molecule has 0 amide bonds. The Hall–Kier alpha value is -1.71. The Morgan fingerprint density at radius 1 is 1.00 bits per heavy atom.